The van der Waals surface area contributed by atoms with Gasteiger partial charge in [0.15, 0.2) is 0 Å². The van der Waals surface area contributed by atoms with Gasteiger partial charge in [0.25, 0.3) is 11.8 Å². The molecule has 1 aliphatic rings. The molecule has 0 fully saturated rings. The van der Waals surface area contributed by atoms with Crippen LogP contribution in [0.1, 0.15) is 19.4 Å². The second-order valence-electron chi connectivity index (χ2n) is 5.98. The number of benzene rings is 2. The summed E-state index contributed by atoms with van der Waals surface area (Å²) in [4.78, 5) is 24.3. The van der Waals surface area contributed by atoms with Gasteiger partial charge in [-0.05, 0) is 55.8 Å². The van der Waals surface area contributed by atoms with Crippen molar-refractivity contribution in [2.24, 2.45) is 0 Å². The maximum atomic E-state index is 11.6. The van der Waals surface area contributed by atoms with Crippen molar-refractivity contribution in [1.82, 2.24) is 4.90 Å². The number of hydrogen-bond acceptors (Lipinski definition) is 4. The fourth-order valence-electron chi connectivity index (χ4n) is 2.43. The lowest BCUT2D eigenvalue weighted by atomic mass is 10.2. The first-order valence-electron chi connectivity index (χ1n) is 8.08. The standard InChI is InChI=1S/C20H19NO4/c1-14(2)24-16-7-9-18(10-8-16)25-17-5-3-15(4-6-17)13-21-19(22)11-12-20(21)23/h3-12,14H,13H2,1-2H3. The molecule has 5 nitrogen and oxygen atoms in total. The van der Waals surface area contributed by atoms with Crippen LogP contribution in [0, 0.1) is 0 Å². The Kier molecular flexibility index (Phi) is 4.84. The highest BCUT2D eigenvalue weighted by molar-refractivity contribution is 6.12. The third kappa shape index (κ3) is 4.26. The van der Waals surface area contributed by atoms with Gasteiger partial charge in [-0.15, -0.1) is 0 Å². The summed E-state index contributed by atoms with van der Waals surface area (Å²) in [6.45, 7) is 4.21. The van der Waals surface area contributed by atoms with E-state index < -0.39 is 0 Å². The van der Waals surface area contributed by atoms with E-state index in [1.807, 2.05) is 62.4 Å². The third-order valence-electron chi connectivity index (χ3n) is 3.60. The summed E-state index contributed by atoms with van der Waals surface area (Å²) in [6, 6.07) is 14.7. The lowest BCUT2D eigenvalue weighted by molar-refractivity contribution is -0.137. The molecule has 5 heteroatoms. The predicted molar refractivity (Wildman–Crippen MR) is 93.4 cm³/mol. The molecule has 0 bridgehead atoms. The molecule has 0 N–H and O–H groups in total. The Morgan fingerprint density at radius 3 is 1.80 bits per heavy atom. The normalized spacial score (nSPS) is 13.6. The molecular formula is C20H19NO4. The van der Waals surface area contributed by atoms with Gasteiger partial charge in [-0.25, -0.2) is 0 Å². The molecule has 1 heterocycles. The van der Waals surface area contributed by atoms with Gasteiger partial charge < -0.3 is 9.47 Å². The highest BCUT2D eigenvalue weighted by atomic mass is 16.5. The molecule has 0 saturated carbocycles. The van der Waals surface area contributed by atoms with E-state index in [2.05, 4.69) is 0 Å². The van der Waals surface area contributed by atoms with Crippen LogP contribution in [0.25, 0.3) is 0 Å². The lowest BCUT2D eigenvalue weighted by Gasteiger charge is -2.14. The first kappa shape index (κ1) is 16.8. The SMILES string of the molecule is CC(C)Oc1ccc(Oc2ccc(CN3C(=O)C=CC3=O)cc2)cc1. The van der Waals surface area contributed by atoms with Crippen LogP contribution >= 0.6 is 0 Å². The molecule has 128 valence electrons. The van der Waals surface area contributed by atoms with Crippen LogP contribution in [0.4, 0.5) is 0 Å². The van der Waals surface area contributed by atoms with Gasteiger partial charge in [-0.2, -0.15) is 0 Å². The Morgan fingerprint density at radius 1 is 0.800 bits per heavy atom. The zero-order valence-corrected chi connectivity index (χ0v) is 14.1. The molecule has 2 aromatic carbocycles. The Labute approximate surface area is 146 Å². The number of amides is 2. The van der Waals surface area contributed by atoms with Crippen molar-refractivity contribution in [2.75, 3.05) is 0 Å². The predicted octanol–water partition coefficient (Wildman–Crippen LogP) is 3.69. The van der Waals surface area contributed by atoms with Gasteiger partial charge in [0, 0.05) is 12.2 Å². The van der Waals surface area contributed by atoms with Gasteiger partial charge in [0.1, 0.15) is 17.2 Å². The maximum Gasteiger partial charge on any atom is 0.253 e. The van der Waals surface area contributed by atoms with Gasteiger partial charge in [-0.1, -0.05) is 12.1 Å². The molecule has 25 heavy (non-hydrogen) atoms. The first-order chi connectivity index (χ1) is 12.0. The van der Waals surface area contributed by atoms with Crippen molar-refractivity contribution in [2.45, 2.75) is 26.5 Å². The van der Waals surface area contributed by atoms with E-state index in [0.717, 1.165) is 11.3 Å². The second kappa shape index (κ2) is 7.21. The van der Waals surface area contributed by atoms with E-state index in [0.29, 0.717) is 11.5 Å². The van der Waals surface area contributed by atoms with Crippen LogP contribution in [0.5, 0.6) is 17.2 Å². The largest absolute Gasteiger partial charge is 0.491 e. The number of carbonyl (C=O) groups excluding carboxylic acids is 2. The summed E-state index contributed by atoms with van der Waals surface area (Å²) in [6.07, 6.45) is 2.70. The van der Waals surface area contributed by atoms with Gasteiger partial charge in [0.2, 0.25) is 0 Å². The molecule has 0 unspecified atom stereocenters. The zero-order chi connectivity index (χ0) is 17.8. The quantitative estimate of drug-likeness (QED) is 0.754. The highest BCUT2D eigenvalue weighted by Gasteiger charge is 2.23. The van der Waals surface area contributed by atoms with Crippen LogP contribution in [-0.2, 0) is 16.1 Å². The number of imide groups is 1. The Hall–Kier alpha value is -3.08. The summed E-state index contributed by atoms with van der Waals surface area (Å²) >= 11 is 0. The molecule has 2 aromatic rings. The average molecular weight is 337 g/mol. The maximum absolute atomic E-state index is 11.6. The summed E-state index contributed by atoms with van der Waals surface area (Å²) in [5.74, 6) is 1.62. The molecule has 0 radical (unpaired) electrons. The third-order valence-corrected chi connectivity index (χ3v) is 3.60. The van der Waals surface area contributed by atoms with Crippen LogP contribution in [-0.4, -0.2) is 22.8 Å². The Balaban J connectivity index is 1.61. The second-order valence-corrected chi connectivity index (χ2v) is 5.98. The molecule has 0 aliphatic carbocycles. The number of carbonyl (C=O) groups is 2. The fraction of sp³-hybridized carbons (Fsp3) is 0.200. The van der Waals surface area contributed by atoms with Crippen molar-refractivity contribution in [3.63, 3.8) is 0 Å². The minimum atomic E-state index is -0.283. The van der Waals surface area contributed by atoms with Gasteiger partial charge >= 0.3 is 0 Å². The number of rotatable bonds is 6. The molecule has 1 aliphatic heterocycles. The molecule has 0 spiro atoms. The van der Waals surface area contributed by atoms with Crippen molar-refractivity contribution in [3.8, 4) is 17.2 Å². The monoisotopic (exact) mass is 337 g/mol. The summed E-state index contributed by atoms with van der Waals surface area (Å²) in [5.41, 5.74) is 0.860. The summed E-state index contributed by atoms with van der Waals surface area (Å²) in [5, 5.41) is 0. The topological polar surface area (TPSA) is 55.8 Å². The van der Waals surface area contributed by atoms with E-state index >= 15 is 0 Å². The van der Waals surface area contributed by atoms with Gasteiger partial charge in [0.05, 0.1) is 12.6 Å². The average Bonchev–Trinajstić information content (AvgIpc) is 2.90. The van der Waals surface area contributed by atoms with Crippen molar-refractivity contribution in [1.29, 1.82) is 0 Å². The zero-order valence-electron chi connectivity index (χ0n) is 14.1. The van der Waals surface area contributed by atoms with E-state index in [-0.39, 0.29) is 24.5 Å². The van der Waals surface area contributed by atoms with Gasteiger partial charge in [-0.3, -0.25) is 14.5 Å². The van der Waals surface area contributed by atoms with E-state index in [1.54, 1.807) is 0 Å². The molecular weight excluding hydrogens is 318 g/mol. The van der Waals surface area contributed by atoms with E-state index in [1.165, 1.54) is 17.1 Å². The number of hydrogen-bond donors (Lipinski definition) is 0. The van der Waals surface area contributed by atoms with E-state index in [4.69, 9.17) is 9.47 Å². The first-order valence-corrected chi connectivity index (χ1v) is 8.08. The Morgan fingerprint density at radius 2 is 1.28 bits per heavy atom. The van der Waals surface area contributed by atoms with Crippen LogP contribution in [0.15, 0.2) is 60.7 Å². The number of nitrogens with zero attached hydrogens (tertiary/aromatic N) is 1. The minimum Gasteiger partial charge on any atom is -0.491 e. The van der Waals surface area contributed by atoms with Crippen LogP contribution in [0.3, 0.4) is 0 Å². The highest BCUT2D eigenvalue weighted by Crippen LogP contribution is 2.25. The molecule has 0 saturated heterocycles. The summed E-state index contributed by atoms with van der Waals surface area (Å²) in [7, 11) is 0. The molecule has 3 rings (SSSR count). The van der Waals surface area contributed by atoms with Crippen molar-refractivity contribution in [3.05, 3.63) is 66.2 Å². The lowest BCUT2D eigenvalue weighted by Crippen LogP contribution is -2.29. The molecule has 2 amide bonds. The molecule has 0 aromatic heterocycles. The number of ether oxygens (including phenoxy) is 2. The van der Waals surface area contributed by atoms with Crippen LogP contribution < -0.4 is 9.47 Å². The van der Waals surface area contributed by atoms with Crippen molar-refractivity contribution >= 4 is 11.8 Å². The molecule has 0 atom stereocenters. The van der Waals surface area contributed by atoms with Crippen molar-refractivity contribution < 1.29 is 19.1 Å². The van der Waals surface area contributed by atoms with E-state index in [9.17, 15) is 9.59 Å². The fourth-order valence-corrected chi connectivity index (χ4v) is 2.43. The smallest absolute Gasteiger partial charge is 0.253 e. The van der Waals surface area contributed by atoms with Crippen LogP contribution in [0.2, 0.25) is 0 Å². The summed E-state index contributed by atoms with van der Waals surface area (Å²) < 4.78 is 11.4. The Bertz CT molecular complexity index is 773. The minimum absolute atomic E-state index is 0.129.